The van der Waals surface area contributed by atoms with E-state index < -0.39 is 17.6 Å². The van der Waals surface area contributed by atoms with Gasteiger partial charge in [-0.05, 0) is 81.8 Å². The van der Waals surface area contributed by atoms with Crippen molar-refractivity contribution in [3.8, 4) is 0 Å². The number of alkyl halides is 3. The number of nitrogens with zero attached hydrogens (tertiary/aromatic N) is 1. The average molecular weight is 451 g/mol. The Bertz CT molecular complexity index is 999. The summed E-state index contributed by atoms with van der Waals surface area (Å²) in [6.07, 6.45) is -0.736. The highest BCUT2D eigenvalue weighted by molar-refractivity contribution is 5.97. The van der Waals surface area contributed by atoms with Crippen molar-refractivity contribution in [3.63, 3.8) is 0 Å². The molecule has 9 heteroatoms. The van der Waals surface area contributed by atoms with Gasteiger partial charge in [0, 0.05) is 17.5 Å². The number of fused-ring (bicyclic) bond motifs is 1. The number of likely N-dealkylation sites (N-methyl/N-ethyl adjacent to an activating group) is 1. The monoisotopic (exact) mass is 451 g/mol. The van der Waals surface area contributed by atoms with Crippen molar-refractivity contribution in [2.24, 2.45) is 0 Å². The molecule has 2 saturated carbocycles. The number of rotatable bonds is 7. The molecule has 2 aliphatic carbocycles. The van der Waals surface area contributed by atoms with Gasteiger partial charge in [-0.25, -0.2) is 4.98 Å². The number of aryl methyl sites for hydroxylation is 1. The minimum Gasteiger partial charge on any atom is -0.468 e. The van der Waals surface area contributed by atoms with Gasteiger partial charge >= 0.3 is 6.18 Å². The summed E-state index contributed by atoms with van der Waals surface area (Å²) in [6, 6.07) is 4.58. The predicted molar refractivity (Wildman–Crippen MR) is 115 cm³/mol. The number of carbonyl (C=O) groups excluding carboxylic acids is 2. The number of benzene rings is 1. The first-order chi connectivity index (χ1) is 15.1. The van der Waals surface area contributed by atoms with Gasteiger partial charge in [0.15, 0.2) is 0 Å². The zero-order valence-electron chi connectivity index (χ0n) is 18.4. The van der Waals surface area contributed by atoms with Crippen molar-refractivity contribution in [3.05, 3.63) is 40.6 Å². The molecule has 1 heterocycles. The highest BCUT2D eigenvalue weighted by atomic mass is 19.4. The lowest BCUT2D eigenvalue weighted by molar-refractivity contribution is -0.136. The van der Waals surface area contributed by atoms with Crippen molar-refractivity contribution in [2.45, 2.75) is 57.2 Å². The van der Waals surface area contributed by atoms with Gasteiger partial charge in [-0.2, -0.15) is 13.2 Å². The molecule has 174 valence electrons. The molecule has 0 atom stereocenters. The SMILES string of the molecule is CCOC=O.CNC1(CNC(=O)c2cc(C)c3cc(C4CC4)cc(C(F)(F)F)c3n2)CC1. The third kappa shape index (κ3) is 5.56. The van der Waals surface area contributed by atoms with Crippen molar-refractivity contribution >= 4 is 23.3 Å². The fourth-order valence-corrected chi connectivity index (χ4v) is 3.57. The van der Waals surface area contributed by atoms with Crippen molar-refractivity contribution in [1.82, 2.24) is 15.6 Å². The minimum absolute atomic E-state index is 0.0246. The molecule has 2 N–H and O–H groups in total. The molecule has 2 aliphatic rings. The molecule has 1 amide bonds. The molecular weight excluding hydrogens is 423 g/mol. The Morgan fingerprint density at radius 1 is 1.28 bits per heavy atom. The second-order valence-corrected chi connectivity index (χ2v) is 8.33. The van der Waals surface area contributed by atoms with Crippen molar-refractivity contribution < 1.29 is 27.5 Å². The van der Waals surface area contributed by atoms with Crippen LogP contribution in [-0.2, 0) is 15.7 Å². The summed E-state index contributed by atoms with van der Waals surface area (Å²) in [6.45, 7) is 4.83. The van der Waals surface area contributed by atoms with Crippen molar-refractivity contribution in [1.29, 1.82) is 0 Å². The van der Waals surface area contributed by atoms with E-state index in [1.54, 1.807) is 26.0 Å². The van der Waals surface area contributed by atoms with Crippen LogP contribution in [0.3, 0.4) is 0 Å². The van der Waals surface area contributed by atoms with Gasteiger partial charge < -0.3 is 15.4 Å². The van der Waals surface area contributed by atoms with Gasteiger partial charge in [0.05, 0.1) is 17.7 Å². The number of carbonyl (C=O) groups is 2. The third-order valence-electron chi connectivity index (χ3n) is 5.94. The molecule has 1 aromatic heterocycles. The van der Waals surface area contributed by atoms with E-state index in [1.165, 1.54) is 6.07 Å². The first kappa shape index (κ1) is 24.0. The van der Waals surface area contributed by atoms with Gasteiger partial charge in [-0.1, -0.05) is 0 Å². The highest BCUT2D eigenvalue weighted by Crippen LogP contribution is 2.44. The number of hydrogen-bond acceptors (Lipinski definition) is 5. The maximum Gasteiger partial charge on any atom is 0.418 e. The number of nitrogens with one attached hydrogen (secondary N) is 2. The summed E-state index contributed by atoms with van der Waals surface area (Å²) < 4.78 is 45.1. The first-order valence-electron chi connectivity index (χ1n) is 10.7. The fraction of sp³-hybridized carbons (Fsp3) is 0.522. The van der Waals surface area contributed by atoms with Crippen molar-refractivity contribution in [2.75, 3.05) is 20.2 Å². The summed E-state index contributed by atoms with van der Waals surface area (Å²) in [4.78, 5) is 25.8. The summed E-state index contributed by atoms with van der Waals surface area (Å²) in [5.74, 6) is -0.241. The number of ether oxygens (including phenoxy) is 1. The number of hydrogen-bond donors (Lipinski definition) is 2. The Morgan fingerprint density at radius 3 is 2.44 bits per heavy atom. The fourth-order valence-electron chi connectivity index (χ4n) is 3.57. The molecule has 6 nitrogen and oxygen atoms in total. The molecule has 2 aromatic rings. The molecule has 0 unspecified atom stereocenters. The first-order valence-corrected chi connectivity index (χ1v) is 10.7. The number of pyridine rings is 1. The lowest BCUT2D eigenvalue weighted by Crippen LogP contribution is -2.41. The highest BCUT2D eigenvalue weighted by Gasteiger charge is 2.41. The molecule has 0 spiro atoms. The number of aromatic nitrogens is 1. The van der Waals surface area contributed by atoms with Crippen LogP contribution in [0.4, 0.5) is 13.2 Å². The van der Waals surface area contributed by atoms with E-state index in [9.17, 15) is 22.8 Å². The number of halogens is 3. The molecule has 0 aliphatic heterocycles. The maximum atomic E-state index is 13.7. The van der Waals surface area contributed by atoms with Gasteiger partial charge in [0.25, 0.3) is 12.4 Å². The second kappa shape index (κ2) is 9.44. The Labute approximate surface area is 184 Å². The van der Waals surface area contributed by atoms with Crippen LogP contribution in [0.2, 0.25) is 0 Å². The molecule has 0 bridgehead atoms. The van der Waals surface area contributed by atoms with Gasteiger partial charge in [0.2, 0.25) is 0 Å². The number of amides is 1. The summed E-state index contributed by atoms with van der Waals surface area (Å²) in [5, 5.41) is 6.43. The zero-order valence-corrected chi connectivity index (χ0v) is 18.4. The minimum atomic E-state index is -4.51. The van der Waals surface area contributed by atoms with E-state index >= 15 is 0 Å². The van der Waals surface area contributed by atoms with Crippen LogP contribution >= 0.6 is 0 Å². The Hall–Kier alpha value is -2.68. The smallest absolute Gasteiger partial charge is 0.418 e. The van der Waals surface area contributed by atoms with Gasteiger partial charge in [0.1, 0.15) is 5.69 Å². The van der Waals surface area contributed by atoms with Crippen LogP contribution < -0.4 is 10.6 Å². The maximum absolute atomic E-state index is 13.7. The molecule has 0 radical (unpaired) electrons. The molecular formula is C23H28F3N3O3. The zero-order chi connectivity index (χ0) is 23.5. The third-order valence-corrected chi connectivity index (χ3v) is 5.94. The van der Waals surface area contributed by atoms with Crippen LogP contribution in [0.15, 0.2) is 18.2 Å². The molecule has 2 fully saturated rings. The Kier molecular flexibility index (Phi) is 7.07. The predicted octanol–water partition coefficient (Wildman–Crippen LogP) is 4.10. The van der Waals surface area contributed by atoms with Crippen LogP contribution in [0.25, 0.3) is 10.9 Å². The average Bonchev–Trinajstić information content (AvgIpc) is 3.67. The Morgan fingerprint density at radius 2 is 1.97 bits per heavy atom. The summed E-state index contributed by atoms with van der Waals surface area (Å²) in [7, 11) is 1.84. The molecule has 4 rings (SSSR count). The molecule has 0 saturated heterocycles. The van der Waals surface area contributed by atoms with E-state index in [2.05, 4.69) is 20.4 Å². The summed E-state index contributed by atoms with van der Waals surface area (Å²) >= 11 is 0. The lowest BCUT2D eigenvalue weighted by Gasteiger charge is -2.17. The van der Waals surface area contributed by atoms with Gasteiger partial charge in [-0.3, -0.25) is 9.59 Å². The van der Waals surface area contributed by atoms with Crippen LogP contribution in [0.5, 0.6) is 0 Å². The Balaban J connectivity index is 0.000000523. The van der Waals surface area contributed by atoms with Crippen LogP contribution in [-0.4, -0.2) is 43.1 Å². The summed E-state index contributed by atoms with van der Waals surface area (Å²) in [5.41, 5.74) is 0.379. The van der Waals surface area contributed by atoms with E-state index in [1.807, 2.05) is 7.05 Å². The van der Waals surface area contributed by atoms with Crippen LogP contribution in [0, 0.1) is 6.92 Å². The van der Waals surface area contributed by atoms with Gasteiger partial charge in [-0.15, -0.1) is 0 Å². The molecule has 32 heavy (non-hydrogen) atoms. The quantitative estimate of drug-likeness (QED) is 0.620. The second-order valence-electron chi connectivity index (χ2n) is 8.33. The normalized spacial score (nSPS) is 16.7. The lowest BCUT2D eigenvalue weighted by atomic mass is 9.98. The molecule has 1 aromatic carbocycles. The largest absolute Gasteiger partial charge is 0.468 e. The topological polar surface area (TPSA) is 80.3 Å². The van der Waals surface area contributed by atoms with E-state index in [4.69, 9.17) is 0 Å². The van der Waals surface area contributed by atoms with E-state index in [-0.39, 0.29) is 22.7 Å². The van der Waals surface area contributed by atoms with E-state index in [0.29, 0.717) is 36.1 Å². The standard InChI is InChI=1S/C20H22F3N3O.C3H6O2/c1-11-7-16(18(27)25-10-19(24-2)5-6-19)26-17-14(11)8-13(12-3-4-12)9-15(17)20(21,22)23;1-2-5-3-4/h7-9,12,24H,3-6,10H2,1-2H3,(H,25,27);3H,2H2,1H3. The van der Waals surface area contributed by atoms with E-state index in [0.717, 1.165) is 25.7 Å². The van der Waals surface area contributed by atoms with Crippen LogP contribution in [0.1, 0.15) is 65.7 Å².